The molecule has 1 aliphatic rings. The van der Waals surface area contributed by atoms with Gasteiger partial charge in [0.05, 0.1) is 16.6 Å². The van der Waals surface area contributed by atoms with Crippen molar-refractivity contribution >= 4 is 17.0 Å². The van der Waals surface area contributed by atoms with E-state index in [1.165, 1.54) is 18.9 Å². The lowest BCUT2D eigenvalue weighted by molar-refractivity contribution is 0.0697. The van der Waals surface area contributed by atoms with Gasteiger partial charge in [-0.3, -0.25) is 4.57 Å². The summed E-state index contributed by atoms with van der Waals surface area (Å²) in [5, 5.41) is 9.09. The Kier molecular flexibility index (Phi) is 3.57. The molecule has 1 heterocycles. The molecule has 0 atom stereocenters. The van der Waals surface area contributed by atoms with Crippen LogP contribution in [0.2, 0.25) is 0 Å². The van der Waals surface area contributed by atoms with Gasteiger partial charge < -0.3 is 10.1 Å². The Balaban J connectivity index is 1.93. The number of fused-ring (bicyclic) bond motifs is 1. The Bertz CT molecular complexity index is 721. The van der Waals surface area contributed by atoms with Crippen LogP contribution in [0.1, 0.15) is 43.0 Å². The van der Waals surface area contributed by atoms with Crippen LogP contribution in [0.5, 0.6) is 0 Å². The maximum atomic E-state index is 12.1. The van der Waals surface area contributed by atoms with Crippen LogP contribution >= 0.6 is 0 Å². The van der Waals surface area contributed by atoms with Gasteiger partial charge in [0.2, 0.25) is 0 Å². The Morgan fingerprint density at radius 1 is 1.33 bits per heavy atom. The molecule has 0 amide bonds. The third-order valence-electron chi connectivity index (χ3n) is 4.60. The molecule has 1 saturated carbocycles. The lowest BCUT2D eigenvalue weighted by Gasteiger charge is -2.26. The number of imidazole rings is 1. The third kappa shape index (κ3) is 2.73. The Morgan fingerprint density at radius 3 is 2.71 bits per heavy atom. The minimum Gasteiger partial charge on any atom is -0.478 e. The van der Waals surface area contributed by atoms with Crippen molar-refractivity contribution in [2.45, 2.75) is 39.2 Å². The number of nitrogens with zero attached hydrogens (tertiary/aromatic N) is 1. The summed E-state index contributed by atoms with van der Waals surface area (Å²) in [6.07, 6.45) is 4.70. The monoisotopic (exact) mass is 288 g/mol. The van der Waals surface area contributed by atoms with Gasteiger partial charge in [-0.2, -0.15) is 0 Å². The summed E-state index contributed by atoms with van der Waals surface area (Å²) in [6.45, 7) is 2.95. The molecular formula is C16H20N2O3. The van der Waals surface area contributed by atoms with Crippen LogP contribution in [0.15, 0.2) is 23.0 Å². The molecule has 2 N–H and O–H groups in total. The third-order valence-corrected chi connectivity index (χ3v) is 4.60. The molecule has 0 spiro atoms. The molecule has 0 saturated heterocycles. The maximum Gasteiger partial charge on any atom is 0.335 e. The van der Waals surface area contributed by atoms with Gasteiger partial charge >= 0.3 is 11.7 Å². The van der Waals surface area contributed by atoms with Crippen LogP contribution in [-0.4, -0.2) is 20.6 Å². The smallest absolute Gasteiger partial charge is 0.335 e. The fourth-order valence-corrected chi connectivity index (χ4v) is 3.24. The topological polar surface area (TPSA) is 75.1 Å². The first-order chi connectivity index (χ1) is 10.0. The van der Waals surface area contributed by atoms with E-state index < -0.39 is 5.97 Å². The summed E-state index contributed by atoms with van der Waals surface area (Å²) in [6, 6.07) is 4.77. The Hall–Kier alpha value is -2.04. The van der Waals surface area contributed by atoms with Crippen molar-refractivity contribution in [2.24, 2.45) is 11.8 Å². The normalized spacial score (nSPS) is 22.5. The number of aromatic carboxylic acids is 1. The van der Waals surface area contributed by atoms with Crippen molar-refractivity contribution in [3.05, 3.63) is 34.2 Å². The lowest BCUT2D eigenvalue weighted by atomic mass is 9.83. The SMILES string of the molecule is CC1CCC(Cn2c(=O)[nH]c3ccc(C(=O)O)cc32)CC1. The van der Waals surface area contributed by atoms with Crippen molar-refractivity contribution in [1.29, 1.82) is 0 Å². The van der Waals surface area contributed by atoms with Gasteiger partial charge in [-0.05, 0) is 42.9 Å². The number of nitrogens with one attached hydrogen (secondary N) is 1. The summed E-state index contributed by atoms with van der Waals surface area (Å²) in [5.41, 5.74) is 1.46. The number of carboxylic acids is 1. The van der Waals surface area contributed by atoms with Gasteiger partial charge in [0.1, 0.15) is 0 Å². The van der Waals surface area contributed by atoms with E-state index in [1.807, 2.05) is 0 Å². The predicted molar refractivity (Wildman–Crippen MR) is 80.6 cm³/mol. The molecule has 0 radical (unpaired) electrons. The fraction of sp³-hybridized carbons (Fsp3) is 0.500. The molecule has 3 rings (SSSR count). The molecule has 0 unspecified atom stereocenters. The van der Waals surface area contributed by atoms with E-state index in [9.17, 15) is 9.59 Å². The lowest BCUT2D eigenvalue weighted by Crippen LogP contribution is -2.24. The molecule has 0 aliphatic heterocycles. The van der Waals surface area contributed by atoms with Gasteiger partial charge in [-0.25, -0.2) is 9.59 Å². The highest BCUT2D eigenvalue weighted by Crippen LogP contribution is 2.29. The van der Waals surface area contributed by atoms with Gasteiger partial charge in [0, 0.05) is 6.54 Å². The first kappa shape index (κ1) is 13.9. The van der Waals surface area contributed by atoms with E-state index in [0.717, 1.165) is 18.8 Å². The molecule has 0 bridgehead atoms. The van der Waals surface area contributed by atoms with E-state index in [4.69, 9.17) is 5.11 Å². The van der Waals surface area contributed by atoms with Crippen molar-refractivity contribution in [3.63, 3.8) is 0 Å². The molecule has 1 aromatic heterocycles. The minimum absolute atomic E-state index is 0.147. The van der Waals surface area contributed by atoms with Crippen LogP contribution in [0.3, 0.4) is 0 Å². The second-order valence-electron chi connectivity index (χ2n) is 6.20. The highest BCUT2D eigenvalue weighted by atomic mass is 16.4. The average Bonchev–Trinajstić information content (AvgIpc) is 2.77. The van der Waals surface area contributed by atoms with Crippen LogP contribution in [0.25, 0.3) is 11.0 Å². The number of benzene rings is 1. The van der Waals surface area contributed by atoms with E-state index in [0.29, 0.717) is 23.5 Å². The molecule has 1 fully saturated rings. The van der Waals surface area contributed by atoms with Crippen molar-refractivity contribution in [2.75, 3.05) is 0 Å². The second-order valence-corrected chi connectivity index (χ2v) is 6.20. The van der Waals surface area contributed by atoms with E-state index in [2.05, 4.69) is 11.9 Å². The first-order valence-electron chi connectivity index (χ1n) is 7.50. The summed E-state index contributed by atoms with van der Waals surface area (Å²) in [7, 11) is 0. The molecular weight excluding hydrogens is 268 g/mol. The average molecular weight is 288 g/mol. The van der Waals surface area contributed by atoms with Crippen molar-refractivity contribution in [1.82, 2.24) is 9.55 Å². The minimum atomic E-state index is -0.969. The van der Waals surface area contributed by atoms with E-state index >= 15 is 0 Å². The van der Waals surface area contributed by atoms with Crippen LogP contribution in [0, 0.1) is 11.8 Å². The quantitative estimate of drug-likeness (QED) is 0.912. The fourth-order valence-electron chi connectivity index (χ4n) is 3.24. The summed E-state index contributed by atoms with van der Waals surface area (Å²) >= 11 is 0. The summed E-state index contributed by atoms with van der Waals surface area (Å²) in [4.78, 5) is 26.0. The zero-order valence-corrected chi connectivity index (χ0v) is 12.1. The molecule has 5 nitrogen and oxygen atoms in total. The van der Waals surface area contributed by atoms with Gasteiger partial charge in [0.25, 0.3) is 0 Å². The van der Waals surface area contributed by atoms with Gasteiger partial charge in [0.15, 0.2) is 0 Å². The first-order valence-corrected chi connectivity index (χ1v) is 7.50. The molecule has 5 heteroatoms. The van der Waals surface area contributed by atoms with Crippen LogP contribution < -0.4 is 5.69 Å². The standard InChI is InChI=1S/C16H20N2O3/c1-10-2-4-11(5-3-10)9-18-14-8-12(15(19)20)6-7-13(14)17-16(18)21/h6-8,10-11H,2-5,9H2,1H3,(H,17,21)(H,19,20). The molecule has 1 aliphatic carbocycles. The van der Waals surface area contributed by atoms with Gasteiger partial charge in [-0.15, -0.1) is 0 Å². The summed E-state index contributed by atoms with van der Waals surface area (Å²) < 4.78 is 1.70. The van der Waals surface area contributed by atoms with Gasteiger partial charge in [-0.1, -0.05) is 19.8 Å². The second kappa shape index (κ2) is 5.39. The number of hydrogen-bond donors (Lipinski definition) is 2. The summed E-state index contributed by atoms with van der Waals surface area (Å²) in [5.74, 6) is 0.314. The van der Waals surface area contributed by atoms with Crippen molar-refractivity contribution < 1.29 is 9.90 Å². The van der Waals surface area contributed by atoms with E-state index in [1.54, 1.807) is 16.7 Å². The predicted octanol–water partition coefficient (Wildman–Crippen LogP) is 2.85. The number of aromatic amines is 1. The largest absolute Gasteiger partial charge is 0.478 e. The highest BCUT2D eigenvalue weighted by Gasteiger charge is 2.20. The van der Waals surface area contributed by atoms with Crippen LogP contribution in [-0.2, 0) is 6.54 Å². The zero-order chi connectivity index (χ0) is 15.0. The van der Waals surface area contributed by atoms with Crippen molar-refractivity contribution in [3.8, 4) is 0 Å². The molecule has 1 aromatic carbocycles. The highest BCUT2D eigenvalue weighted by molar-refractivity contribution is 5.92. The number of carbonyl (C=O) groups is 1. The zero-order valence-electron chi connectivity index (χ0n) is 12.1. The Labute approximate surface area is 122 Å². The number of aromatic nitrogens is 2. The molecule has 2 aromatic rings. The van der Waals surface area contributed by atoms with Crippen LogP contribution in [0.4, 0.5) is 0 Å². The maximum absolute atomic E-state index is 12.1. The Morgan fingerprint density at radius 2 is 2.05 bits per heavy atom. The number of carboxylic acid groups (broad SMARTS) is 1. The molecule has 21 heavy (non-hydrogen) atoms. The molecule has 112 valence electrons. The number of H-pyrrole nitrogens is 1. The number of rotatable bonds is 3. The number of hydrogen-bond acceptors (Lipinski definition) is 2. The van der Waals surface area contributed by atoms with E-state index in [-0.39, 0.29) is 11.3 Å².